The molecule has 1 amide bonds. The summed E-state index contributed by atoms with van der Waals surface area (Å²) in [5.74, 6) is -0.623. The van der Waals surface area contributed by atoms with Gasteiger partial charge in [-0.15, -0.1) is 0 Å². The molecule has 0 spiro atoms. The second kappa shape index (κ2) is 4.78. The third-order valence-electron chi connectivity index (χ3n) is 3.10. The van der Waals surface area contributed by atoms with Crippen molar-refractivity contribution >= 4 is 11.9 Å². The summed E-state index contributed by atoms with van der Waals surface area (Å²) in [4.78, 5) is 24.4. The average Bonchev–Trinajstić information content (AvgIpc) is 2.38. The maximum absolute atomic E-state index is 11.9. The largest absolute Gasteiger partial charge is 0.468 e. The molecule has 0 saturated carbocycles. The molecule has 0 aromatic heterocycles. The zero-order valence-electron chi connectivity index (χ0n) is 10.3. The molecule has 1 heterocycles. The van der Waals surface area contributed by atoms with Gasteiger partial charge in [-0.25, -0.2) is 0 Å². The highest BCUT2D eigenvalue weighted by Gasteiger charge is 2.49. The number of likely N-dealkylation sites (tertiary alicyclic amines) is 1. The second-order valence-electron chi connectivity index (χ2n) is 4.56. The molecular weight excluding hydrogens is 232 g/mol. The van der Waals surface area contributed by atoms with Crippen LogP contribution < -0.4 is 5.73 Å². The maximum Gasteiger partial charge on any atom is 0.325 e. The van der Waals surface area contributed by atoms with Gasteiger partial charge in [0.2, 0.25) is 5.91 Å². The zero-order chi connectivity index (χ0) is 13.2. The van der Waals surface area contributed by atoms with Gasteiger partial charge in [0, 0.05) is 13.0 Å². The van der Waals surface area contributed by atoms with Crippen LogP contribution in [0.5, 0.6) is 0 Å². The molecule has 1 saturated heterocycles. The van der Waals surface area contributed by atoms with Crippen LogP contribution >= 0.6 is 0 Å². The van der Waals surface area contributed by atoms with Crippen LogP contribution in [0.3, 0.4) is 0 Å². The molecule has 96 valence electrons. The first-order valence-electron chi connectivity index (χ1n) is 5.74. The average molecular weight is 248 g/mol. The molecule has 5 heteroatoms. The lowest BCUT2D eigenvalue weighted by Gasteiger charge is -2.45. The minimum atomic E-state index is -0.880. The molecule has 0 aliphatic carbocycles. The van der Waals surface area contributed by atoms with Crippen LogP contribution in [0.15, 0.2) is 30.3 Å². The van der Waals surface area contributed by atoms with Crippen molar-refractivity contribution < 1.29 is 14.3 Å². The first-order valence-corrected chi connectivity index (χ1v) is 5.74. The molecule has 1 aliphatic rings. The first kappa shape index (κ1) is 12.6. The lowest BCUT2D eigenvalue weighted by molar-refractivity contribution is -0.158. The summed E-state index contributed by atoms with van der Waals surface area (Å²) in [5, 5.41) is 0. The van der Waals surface area contributed by atoms with Crippen molar-refractivity contribution in [2.45, 2.75) is 12.0 Å². The van der Waals surface area contributed by atoms with Crippen molar-refractivity contribution in [2.24, 2.45) is 5.73 Å². The fourth-order valence-corrected chi connectivity index (χ4v) is 2.14. The van der Waals surface area contributed by atoms with E-state index in [2.05, 4.69) is 4.74 Å². The highest BCUT2D eigenvalue weighted by molar-refractivity contribution is 5.95. The van der Waals surface area contributed by atoms with Crippen molar-refractivity contribution in [1.82, 2.24) is 4.90 Å². The minimum Gasteiger partial charge on any atom is -0.468 e. The van der Waals surface area contributed by atoms with E-state index in [9.17, 15) is 9.59 Å². The standard InChI is InChI=1S/C13H16N2O3/c1-18-11(16)8-15-9-13(14,12(15)17)7-10-5-3-2-4-6-10/h2-6H,7-9,14H2,1H3/t13-/m1/s1. The Morgan fingerprint density at radius 1 is 1.44 bits per heavy atom. The smallest absolute Gasteiger partial charge is 0.325 e. The molecule has 0 radical (unpaired) electrons. The monoisotopic (exact) mass is 248 g/mol. The van der Waals surface area contributed by atoms with Gasteiger partial charge in [-0.1, -0.05) is 30.3 Å². The highest BCUT2D eigenvalue weighted by Crippen LogP contribution is 2.24. The van der Waals surface area contributed by atoms with Crippen molar-refractivity contribution in [3.63, 3.8) is 0 Å². The van der Waals surface area contributed by atoms with Crippen LogP contribution in [0.25, 0.3) is 0 Å². The summed E-state index contributed by atoms with van der Waals surface area (Å²) in [7, 11) is 1.30. The highest BCUT2D eigenvalue weighted by atomic mass is 16.5. The third kappa shape index (κ3) is 2.36. The quantitative estimate of drug-likeness (QED) is 0.598. The minimum absolute atomic E-state index is 0.0247. The van der Waals surface area contributed by atoms with Crippen LogP contribution in [-0.4, -0.2) is 42.5 Å². The number of hydrogen-bond acceptors (Lipinski definition) is 4. The first-order chi connectivity index (χ1) is 8.55. The van der Waals surface area contributed by atoms with Crippen molar-refractivity contribution in [1.29, 1.82) is 0 Å². The number of hydrogen-bond donors (Lipinski definition) is 1. The fraction of sp³-hybridized carbons (Fsp3) is 0.385. The predicted molar refractivity (Wildman–Crippen MR) is 65.7 cm³/mol. The van der Waals surface area contributed by atoms with Crippen molar-refractivity contribution in [2.75, 3.05) is 20.2 Å². The molecule has 1 aliphatic heterocycles. The number of ether oxygens (including phenoxy) is 1. The van der Waals surface area contributed by atoms with Gasteiger partial charge in [0.1, 0.15) is 12.1 Å². The van der Waals surface area contributed by atoms with Crippen LogP contribution in [-0.2, 0) is 20.7 Å². The molecule has 5 nitrogen and oxygen atoms in total. The number of amides is 1. The predicted octanol–water partition coefficient (Wildman–Crippen LogP) is -0.0582. The number of benzene rings is 1. The van der Waals surface area contributed by atoms with Crippen LogP contribution in [0.4, 0.5) is 0 Å². The normalized spacial score (nSPS) is 22.6. The number of nitrogens with zero attached hydrogens (tertiary/aromatic N) is 1. The van der Waals surface area contributed by atoms with Gasteiger partial charge < -0.3 is 15.4 Å². The topological polar surface area (TPSA) is 72.6 Å². The van der Waals surface area contributed by atoms with Crippen LogP contribution in [0.1, 0.15) is 5.56 Å². The molecule has 1 aromatic carbocycles. The Morgan fingerprint density at radius 2 is 2.11 bits per heavy atom. The van der Waals surface area contributed by atoms with Gasteiger partial charge in [0.15, 0.2) is 0 Å². The number of nitrogens with two attached hydrogens (primary N) is 1. The van der Waals surface area contributed by atoms with Crippen LogP contribution in [0.2, 0.25) is 0 Å². The Labute approximate surface area is 106 Å². The lowest BCUT2D eigenvalue weighted by Crippen LogP contribution is -2.73. The van der Waals surface area contributed by atoms with E-state index in [0.717, 1.165) is 5.56 Å². The van der Waals surface area contributed by atoms with Crippen LogP contribution in [0, 0.1) is 0 Å². The summed E-state index contributed by atoms with van der Waals surface area (Å²) in [6, 6.07) is 9.61. The number of carbonyl (C=O) groups is 2. The molecule has 0 unspecified atom stereocenters. The Bertz CT molecular complexity index is 461. The summed E-state index contributed by atoms with van der Waals surface area (Å²) in [6.07, 6.45) is 0.490. The van der Waals surface area contributed by atoms with E-state index in [4.69, 9.17) is 5.73 Å². The number of esters is 1. The third-order valence-corrected chi connectivity index (χ3v) is 3.10. The van der Waals surface area contributed by atoms with E-state index >= 15 is 0 Å². The van der Waals surface area contributed by atoms with Gasteiger partial charge in [-0.3, -0.25) is 9.59 Å². The van der Waals surface area contributed by atoms with Gasteiger partial charge in [0.25, 0.3) is 0 Å². The van der Waals surface area contributed by atoms with E-state index in [1.807, 2.05) is 30.3 Å². The fourth-order valence-electron chi connectivity index (χ4n) is 2.14. The molecule has 2 N–H and O–H groups in total. The molecule has 0 bridgehead atoms. The number of rotatable bonds is 4. The van der Waals surface area contributed by atoms with E-state index in [-0.39, 0.29) is 12.5 Å². The molecule has 1 atom stereocenters. The Balaban J connectivity index is 1.96. The summed E-state index contributed by atoms with van der Waals surface area (Å²) >= 11 is 0. The Kier molecular flexibility index (Phi) is 3.34. The number of carbonyl (C=O) groups excluding carboxylic acids is 2. The summed E-state index contributed by atoms with van der Waals surface area (Å²) in [5.41, 5.74) is 6.18. The Morgan fingerprint density at radius 3 is 2.67 bits per heavy atom. The number of β-lactam (4-membered cyclic amide) rings is 1. The summed E-state index contributed by atoms with van der Waals surface area (Å²) < 4.78 is 4.52. The molecule has 2 rings (SSSR count). The molecule has 1 fully saturated rings. The van der Waals surface area contributed by atoms with Crippen molar-refractivity contribution in [3.05, 3.63) is 35.9 Å². The van der Waals surface area contributed by atoms with E-state index in [1.54, 1.807) is 0 Å². The SMILES string of the molecule is COC(=O)CN1C[C@](N)(Cc2ccccc2)C1=O. The van der Waals surface area contributed by atoms with E-state index in [1.165, 1.54) is 12.0 Å². The zero-order valence-corrected chi connectivity index (χ0v) is 10.3. The molecular formula is C13H16N2O3. The second-order valence-corrected chi connectivity index (χ2v) is 4.56. The van der Waals surface area contributed by atoms with Gasteiger partial charge >= 0.3 is 5.97 Å². The van der Waals surface area contributed by atoms with Gasteiger partial charge in [-0.2, -0.15) is 0 Å². The molecule has 1 aromatic rings. The van der Waals surface area contributed by atoms with Crippen molar-refractivity contribution in [3.8, 4) is 0 Å². The maximum atomic E-state index is 11.9. The molecule has 18 heavy (non-hydrogen) atoms. The summed E-state index contributed by atoms with van der Waals surface area (Å²) in [6.45, 7) is 0.360. The van der Waals surface area contributed by atoms with Gasteiger partial charge in [0.05, 0.1) is 7.11 Å². The van der Waals surface area contributed by atoms with E-state index < -0.39 is 11.5 Å². The number of methoxy groups -OCH3 is 1. The Hall–Kier alpha value is -1.88. The van der Waals surface area contributed by atoms with E-state index in [0.29, 0.717) is 13.0 Å². The lowest BCUT2D eigenvalue weighted by atomic mass is 9.83. The van der Waals surface area contributed by atoms with Gasteiger partial charge in [-0.05, 0) is 5.56 Å².